The Morgan fingerprint density at radius 1 is 0.739 bits per heavy atom. The summed E-state index contributed by atoms with van der Waals surface area (Å²) in [7, 11) is 0. The molecule has 0 atom stereocenters. The van der Waals surface area contributed by atoms with Crippen LogP contribution < -0.4 is 0 Å². The number of H-pyrrole nitrogens is 1. The summed E-state index contributed by atoms with van der Waals surface area (Å²) in [6.07, 6.45) is 5.35. The van der Waals surface area contributed by atoms with E-state index < -0.39 is 0 Å². The van der Waals surface area contributed by atoms with Crippen molar-refractivity contribution in [1.82, 2.24) is 25.1 Å². The Bertz CT molecular complexity index is 899. The van der Waals surface area contributed by atoms with Crippen LogP contribution in [0.3, 0.4) is 0 Å². The number of aromatic amines is 1. The molecule has 0 aliphatic heterocycles. The standard InChI is InChI=1S/C18H13N5/c1-2-11-20-16(5-1)18-21-17(22-23-18)14-8-6-13(7-9-14)15-4-3-10-19-12-15/h1-12H,(H,21,22,23). The van der Waals surface area contributed by atoms with Crippen molar-refractivity contribution in [2.45, 2.75) is 0 Å². The molecule has 0 spiro atoms. The fourth-order valence-electron chi connectivity index (χ4n) is 2.35. The van der Waals surface area contributed by atoms with E-state index in [1.807, 2.05) is 60.8 Å². The lowest BCUT2D eigenvalue weighted by atomic mass is 10.1. The first-order valence-electron chi connectivity index (χ1n) is 7.25. The molecule has 0 bridgehead atoms. The average Bonchev–Trinajstić information content (AvgIpc) is 3.14. The molecule has 4 aromatic rings. The lowest BCUT2D eigenvalue weighted by Gasteiger charge is -2.01. The van der Waals surface area contributed by atoms with Gasteiger partial charge in [0.2, 0.25) is 0 Å². The summed E-state index contributed by atoms with van der Waals surface area (Å²) >= 11 is 0. The van der Waals surface area contributed by atoms with Crippen LogP contribution in [0, 0.1) is 0 Å². The Balaban J connectivity index is 1.63. The van der Waals surface area contributed by atoms with Crippen LogP contribution in [0.1, 0.15) is 0 Å². The quantitative estimate of drug-likeness (QED) is 0.627. The maximum Gasteiger partial charge on any atom is 0.181 e. The zero-order valence-electron chi connectivity index (χ0n) is 12.2. The maximum absolute atomic E-state index is 4.51. The van der Waals surface area contributed by atoms with E-state index in [1.165, 1.54) is 0 Å². The molecular formula is C18H13N5. The van der Waals surface area contributed by atoms with Crippen molar-refractivity contribution in [2.24, 2.45) is 0 Å². The first-order valence-corrected chi connectivity index (χ1v) is 7.25. The van der Waals surface area contributed by atoms with Crippen molar-refractivity contribution in [3.05, 3.63) is 73.2 Å². The molecule has 4 rings (SSSR count). The minimum Gasteiger partial charge on any atom is -0.264 e. The minimum absolute atomic E-state index is 0.656. The van der Waals surface area contributed by atoms with E-state index in [4.69, 9.17) is 0 Å². The van der Waals surface area contributed by atoms with E-state index in [2.05, 4.69) is 25.1 Å². The molecule has 0 amide bonds. The van der Waals surface area contributed by atoms with Gasteiger partial charge in [-0.2, -0.15) is 5.10 Å². The third-order valence-corrected chi connectivity index (χ3v) is 3.53. The van der Waals surface area contributed by atoms with Crippen LogP contribution in [-0.4, -0.2) is 25.1 Å². The maximum atomic E-state index is 4.51. The van der Waals surface area contributed by atoms with Crippen LogP contribution in [0.5, 0.6) is 0 Å². The molecule has 0 radical (unpaired) electrons. The molecule has 23 heavy (non-hydrogen) atoms. The fraction of sp³-hybridized carbons (Fsp3) is 0. The summed E-state index contributed by atoms with van der Waals surface area (Å²) in [4.78, 5) is 12.9. The number of nitrogens with one attached hydrogen (secondary N) is 1. The van der Waals surface area contributed by atoms with Crippen LogP contribution in [0.4, 0.5) is 0 Å². The van der Waals surface area contributed by atoms with Gasteiger partial charge in [-0.25, -0.2) is 4.98 Å². The lowest BCUT2D eigenvalue weighted by molar-refractivity contribution is 1.09. The van der Waals surface area contributed by atoms with Gasteiger partial charge in [0, 0.05) is 24.2 Å². The Hall–Kier alpha value is -3.34. The third-order valence-electron chi connectivity index (χ3n) is 3.53. The molecule has 0 aliphatic carbocycles. The van der Waals surface area contributed by atoms with Crippen LogP contribution >= 0.6 is 0 Å². The molecule has 0 fully saturated rings. The van der Waals surface area contributed by atoms with Gasteiger partial charge >= 0.3 is 0 Å². The van der Waals surface area contributed by atoms with Gasteiger partial charge in [-0.3, -0.25) is 15.1 Å². The van der Waals surface area contributed by atoms with Crippen molar-refractivity contribution in [1.29, 1.82) is 0 Å². The van der Waals surface area contributed by atoms with E-state index in [0.29, 0.717) is 11.6 Å². The second-order valence-electron chi connectivity index (χ2n) is 5.04. The van der Waals surface area contributed by atoms with Gasteiger partial charge in [-0.05, 0) is 29.3 Å². The third kappa shape index (κ3) is 2.72. The van der Waals surface area contributed by atoms with E-state index >= 15 is 0 Å². The Morgan fingerprint density at radius 3 is 2.35 bits per heavy atom. The van der Waals surface area contributed by atoms with Crippen LogP contribution in [0.25, 0.3) is 34.0 Å². The lowest BCUT2D eigenvalue weighted by Crippen LogP contribution is -1.84. The predicted molar refractivity (Wildman–Crippen MR) is 88.3 cm³/mol. The second-order valence-corrected chi connectivity index (χ2v) is 5.04. The number of benzene rings is 1. The smallest absolute Gasteiger partial charge is 0.181 e. The molecule has 0 unspecified atom stereocenters. The molecule has 3 aromatic heterocycles. The van der Waals surface area contributed by atoms with Gasteiger partial charge in [0.25, 0.3) is 0 Å². The van der Waals surface area contributed by atoms with Gasteiger partial charge in [-0.15, -0.1) is 0 Å². The zero-order valence-corrected chi connectivity index (χ0v) is 12.2. The fourth-order valence-corrected chi connectivity index (χ4v) is 2.35. The molecule has 5 heteroatoms. The number of pyridine rings is 2. The highest BCUT2D eigenvalue weighted by Gasteiger charge is 2.08. The van der Waals surface area contributed by atoms with Gasteiger partial charge in [0.15, 0.2) is 11.6 Å². The van der Waals surface area contributed by atoms with E-state index in [0.717, 1.165) is 22.4 Å². The second kappa shape index (κ2) is 5.81. The molecule has 5 nitrogen and oxygen atoms in total. The van der Waals surface area contributed by atoms with Crippen molar-refractivity contribution < 1.29 is 0 Å². The summed E-state index contributed by atoms with van der Waals surface area (Å²) in [5.41, 5.74) is 3.93. The van der Waals surface area contributed by atoms with E-state index in [1.54, 1.807) is 12.4 Å². The van der Waals surface area contributed by atoms with E-state index in [-0.39, 0.29) is 0 Å². The number of hydrogen-bond acceptors (Lipinski definition) is 4. The molecule has 110 valence electrons. The van der Waals surface area contributed by atoms with Gasteiger partial charge < -0.3 is 0 Å². The molecule has 3 heterocycles. The van der Waals surface area contributed by atoms with Gasteiger partial charge in [0.1, 0.15) is 5.69 Å². The van der Waals surface area contributed by atoms with Crippen molar-refractivity contribution >= 4 is 0 Å². The molecular weight excluding hydrogens is 286 g/mol. The normalized spacial score (nSPS) is 10.6. The van der Waals surface area contributed by atoms with Crippen LogP contribution in [0.2, 0.25) is 0 Å². The van der Waals surface area contributed by atoms with Crippen LogP contribution in [0.15, 0.2) is 73.2 Å². The van der Waals surface area contributed by atoms with Gasteiger partial charge in [0.05, 0.1) is 0 Å². The van der Waals surface area contributed by atoms with E-state index in [9.17, 15) is 0 Å². The largest absolute Gasteiger partial charge is 0.264 e. The van der Waals surface area contributed by atoms with Crippen molar-refractivity contribution in [3.63, 3.8) is 0 Å². The summed E-state index contributed by atoms with van der Waals surface area (Å²) in [5, 5.41) is 7.21. The molecule has 0 aliphatic rings. The first kappa shape index (κ1) is 13.3. The molecule has 1 aromatic carbocycles. The molecule has 1 N–H and O–H groups in total. The SMILES string of the molecule is c1ccc(-c2nc(-c3ccc(-c4cccnc4)cc3)n[nH]2)nc1. The summed E-state index contributed by atoms with van der Waals surface area (Å²) in [6, 6.07) is 17.8. The number of hydrogen-bond donors (Lipinski definition) is 1. The summed E-state index contributed by atoms with van der Waals surface area (Å²) in [5.74, 6) is 1.32. The monoisotopic (exact) mass is 299 g/mol. The van der Waals surface area contributed by atoms with Crippen molar-refractivity contribution in [3.8, 4) is 34.0 Å². The topological polar surface area (TPSA) is 67.3 Å². The highest BCUT2D eigenvalue weighted by atomic mass is 15.2. The summed E-state index contributed by atoms with van der Waals surface area (Å²) < 4.78 is 0. The predicted octanol–water partition coefficient (Wildman–Crippen LogP) is 3.60. The first-order chi connectivity index (χ1) is 11.4. The zero-order chi connectivity index (χ0) is 15.5. The summed E-state index contributed by atoms with van der Waals surface area (Å²) in [6.45, 7) is 0. The number of aromatic nitrogens is 5. The minimum atomic E-state index is 0.656. The Morgan fingerprint density at radius 2 is 1.61 bits per heavy atom. The molecule has 0 saturated heterocycles. The molecule has 0 saturated carbocycles. The Labute approximate surface area is 133 Å². The van der Waals surface area contributed by atoms with Crippen LogP contribution in [-0.2, 0) is 0 Å². The highest BCUT2D eigenvalue weighted by molar-refractivity contribution is 5.67. The average molecular weight is 299 g/mol. The van der Waals surface area contributed by atoms with Gasteiger partial charge in [-0.1, -0.05) is 36.4 Å². The Kier molecular flexibility index (Phi) is 3.37. The number of nitrogens with zero attached hydrogens (tertiary/aromatic N) is 4. The van der Waals surface area contributed by atoms with Crippen molar-refractivity contribution in [2.75, 3.05) is 0 Å². The highest BCUT2D eigenvalue weighted by Crippen LogP contribution is 2.23. The number of rotatable bonds is 3.